The number of benzene rings is 1. The average Bonchev–Trinajstić information content (AvgIpc) is 2.63. The number of carbonyl (C=O) groups is 1. The molecule has 0 bridgehead atoms. The van der Waals surface area contributed by atoms with Crippen LogP contribution in [-0.2, 0) is 14.8 Å². The van der Waals surface area contributed by atoms with Crippen molar-refractivity contribution in [1.82, 2.24) is 4.90 Å². The summed E-state index contributed by atoms with van der Waals surface area (Å²) in [6, 6.07) is 4.53. The Morgan fingerprint density at radius 3 is 2.48 bits per heavy atom. The standard InChI is InChI=1S/C18H28N4O4S/c1-18(2)12-22(6-5-16(18)19)17(23)14-11-13(27(20,24)25)3-4-15(14)21-7-9-26-10-8-21/h3-4,11,16H,5-10,12,19H2,1-2H3,(H2,20,24,25). The molecule has 2 saturated heterocycles. The zero-order valence-electron chi connectivity index (χ0n) is 15.8. The summed E-state index contributed by atoms with van der Waals surface area (Å²) >= 11 is 0. The SMILES string of the molecule is CC1(C)CN(C(=O)c2cc(S(N)(=O)=O)ccc2N2CCOCC2)CCC1N. The number of morpholine rings is 1. The number of hydrogen-bond donors (Lipinski definition) is 2. The van der Waals surface area contributed by atoms with Gasteiger partial charge in [0.05, 0.1) is 23.7 Å². The van der Waals surface area contributed by atoms with Gasteiger partial charge in [-0.2, -0.15) is 0 Å². The van der Waals surface area contributed by atoms with Crippen LogP contribution >= 0.6 is 0 Å². The highest BCUT2D eigenvalue weighted by Gasteiger charge is 2.36. The van der Waals surface area contributed by atoms with Crippen molar-refractivity contribution in [3.63, 3.8) is 0 Å². The maximum atomic E-state index is 13.3. The lowest BCUT2D eigenvalue weighted by Gasteiger charge is -2.43. The fourth-order valence-corrected chi connectivity index (χ4v) is 4.20. The Kier molecular flexibility index (Phi) is 5.49. The minimum atomic E-state index is -3.90. The summed E-state index contributed by atoms with van der Waals surface area (Å²) in [7, 11) is -3.90. The van der Waals surface area contributed by atoms with Crippen LogP contribution in [0.3, 0.4) is 0 Å². The van der Waals surface area contributed by atoms with Gasteiger partial charge in [0, 0.05) is 37.9 Å². The molecule has 4 N–H and O–H groups in total. The minimum Gasteiger partial charge on any atom is -0.378 e. The predicted octanol–water partition coefficient (Wildman–Crippen LogP) is 0.370. The van der Waals surface area contributed by atoms with Gasteiger partial charge in [-0.05, 0) is 30.0 Å². The van der Waals surface area contributed by atoms with Crippen molar-refractivity contribution in [2.75, 3.05) is 44.3 Å². The molecule has 0 aromatic heterocycles. The van der Waals surface area contributed by atoms with Gasteiger partial charge in [-0.3, -0.25) is 4.79 Å². The molecule has 9 heteroatoms. The van der Waals surface area contributed by atoms with Crippen molar-refractivity contribution in [3.8, 4) is 0 Å². The van der Waals surface area contributed by atoms with Gasteiger partial charge in [0.25, 0.3) is 5.91 Å². The number of piperidine rings is 1. The molecule has 2 aliphatic heterocycles. The molecule has 3 rings (SSSR count). The van der Waals surface area contributed by atoms with Crippen LogP contribution in [-0.4, -0.2) is 64.7 Å². The van der Waals surface area contributed by atoms with Crippen LogP contribution in [0.2, 0.25) is 0 Å². The molecular formula is C18H28N4O4S. The van der Waals surface area contributed by atoms with Crippen LogP contribution in [0.15, 0.2) is 23.1 Å². The monoisotopic (exact) mass is 396 g/mol. The highest BCUT2D eigenvalue weighted by Crippen LogP contribution is 2.31. The van der Waals surface area contributed by atoms with E-state index >= 15 is 0 Å². The summed E-state index contributed by atoms with van der Waals surface area (Å²) in [4.78, 5) is 17.1. The summed E-state index contributed by atoms with van der Waals surface area (Å²) in [6.07, 6.45) is 0.709. The van der Waals surface area contributed by atoms with Gasteiger partial charge in [0.15, 0.2) is 0 Å². The Hall–Kier alpha value is -1.68. The number of sulfonamides is 1. The molecular weight excluding hydrogens is 368 g/mol. The summed E-state index contributed by atoms with van der Waals surface area (Å²) in [5, 5.41) is 5.29. The zero-order valence-corrected chi connectivity index (χ0v) is 16.7. The number of likely N-dealkylation sites (tertiary alicyclic amines) is 1. The van der Waals surface area contributed by atoms with E-state index in [2.05, 4.69) is 0 Å². The molecule has 1 aromatic rings. The number of rotatable bonds is 3. The molecule has 27 heavy (non-hydrogen) atoms. The van der Waals surface area contributed by atoms with E-state index in [4.69, 9.17) is 15.6 Å². The molecule has 2 aliphatic rings. The zero-order chi connectivity index (χ0) is 19.8. The molecule has 8 nitrogen and oxygen atoms in total. The molecule has 0 saturated carbocycles. The van der Waals surface area contributed by atoms with Gasteiger partial charge in [0.2, 0.25) is 10.0 Å². The molecule has 0 radical (unpaired) electrons. The first kappa shape index (κ1) is 20.1. The van der Waals surface area contributed by atoms with E-state index in [0.29, 0.717) is 57.1 Å². The Labute approximate surface area is 160 Å². The Morgan fingerprint density at radius 2 is 1.89 bits per heavy atom. The highest BCUT2D eigenvalue weighted by molar-refractivity contribution is 7.89. The van der Waals surface area contributed by atoms with E-state index in [9.17, 15) is 13.2 Å². The fourth-order valence-electron chi connectivity index (χ4n) is 3.66. The number of ether oxygens (including phenoxy) is 1. The average molecular weight is 397 g/mol. The van der Waals surface area contributed by atoms with Crippen LogP contribution in [0, 0.1) is 5.41 Å². The summed E-state index contributed by atoms with van der Waals surface area (Å²) in [5.41, 5.74) is 7.05. The van der Waals surface area contributed by atoms with Gasteiger partial charge in [-0.15, -0.1) is 0 Å². The van der Waals surface area contributed by atoms with E-state index in [0.717, 1.165) is 0 Å². The Morgan fingerprint density at radius 1 is 1.22 bits per heavy atom. The topological polar surface area (TPSA) is 119 Å². The normalized spacial score (nSPS) is 23.3. The molecule has 2 fully saturated rings. The molecule has 2 heterocycles. The fraction of sp³-hybridized carbons (Fsp3) is 0.611. The first-order valence-electron chi connectivity index (χ1n) is 9.14. The van der Waals surface area contributed by atoms with Gasteiger partial charge in [0.1, 0.15) is 0 Å². The molecule has 1 aromatic carbocycles. The molecule has 1 unspecified atom stereocenters. The van der Waals surface area contributed by atoms with Crippen molar-refractivity contribution in [2.24, 2.45) is 16.3 Å². The molecule has 1 atom stereocenters. The van der Waals surface area contributed by atoms with Gasteiger partial charge < -0.3 is 20.3 Å². The first-order chi connectivity index (χ1) is 12.6. The largest absolute Gasteiger partial charge is 0.378 e. The van der Waals surface area contributed by atoms with E-state index in [1.54, 1.807) is 11.0 Å². The van der Waals surface area contributed by atoms with Gasteiger partial charge >= 0.3 is 0 Å². The van der Waals surface area contributed by atoms with E-state index in [-0.39, 0.29) is 22.3 Å². The lowest BCUT2D eigenvalue weighted by molar-refractivity contribution is 0.0532. The number of anilines is 1. The number of primary sulfonamides is 1. The van der Waals surface area contributed by atoms with E-state index in [1.807, 2.05) is 18.7 Å². The number of amides is 1. The molecule has 150 valence electrons. The van der Waals surface area contributed by atoms with Crippen LogP contribution in [0.1, 0.15) is 30.6 Å². The van der Waals surface area contributed by atoms with Crippen molar-refractivity contribution in [2.45, 2.75) is 31.2 Å². The first-order valence-corrected chi connectivity index (χ1v) is 10.7. The summed E-state index contributed by atoms with van der Waals surface area (Å²) in [5.74, 6) is -0.193. The van der Waals surface area contributed by atoms with Crippen molar-refractivity contribution >= 4 is 21.6 Å². The maximum absolute atomic E-state index is 13.3. The smallest absolute Gasteiger partial charge is 0.256 e. The third kappa shape index (κ3) is 4.26. The Balaban J connectivity index is 1.99. The lowest BCUT2D eigenvalue weighted by atomic mass is 9.79. The predicted molar refractivity (Wildman–Crippen MR) is 103 cm³/mol. The van der Waals surface area contributed by atoms with Crippen molar-refractivity contribution in [3.05, 3.63) is 23.8 Å². The van der Waals surface area contributed by atoms with Crippen LogP contribution in [0.25, 0.3) is 0 Å². The quantitative estimate of drug-likeness (QED) is 0.762. The number of nitrogens with two attached hydrogens (primary N) is 2. The van der Waals surface area contributed by atoms with Crippen molar-refractivity contribution in [1.29, 1.82) is 0 Å². The summed E-state index contributed by atoms with van der Waals surface area (Å²) in [6.45, 7) is 7.57. The second kappa shape index (κ2) is 7.38. The molecule has 1 amide bonds. The number of nitrogens with zero attached hydrogens (tertiary/aromatic N) is 2. The van der Waals surface area contributed by atoms with Crippen LogP contribution < -0.4 is 15.8 Å². The van der Waals surface area contributed by atoms with Crippen LogP contribution in [0.4, 0.5) is 5.69 Å². The van der Waals surface area contributed by atoms with E-state index in [1.165, 1.54) is 12.1 Å². The number of hydrogen-bond acceptors (Lipinski definition) is 6. The minimum absolute atomic E-state index is 0.0241. The second-order valence-corrected chi connectivity index (χ2v) is 9.50. The van der Waals surface area contributed by atoms with Crippen molar-refractivity contribution < 1.29 is 17.9 Å². The third-order valence-corrected chi connectivity index (χ3v) is 6.39. The van der Waals surface area contributed by atoms with Gasteiger partial charge in [-0.25, -0.2) is 13.6 Å². The Bertz CT molecular complexity index is 819. The molecule has 0 spiro atoms. The summed E-state index contributed by atoms with van der Waals surface area (Å²) < 4.78 is 29.0. The van der Waals surface area contributed by atoms with E-state index < -0.39 is 10.0 Å². The lowest BCUT2D eigenvalue weighted by Crippen LogP contribution is -2.54. The maximum Gasteiger partial charge on any atom is 0.256 e. The second-order valence-electron chi connectivity index (χ2n) is 7.93. The number of carbonyl (C=O) groups excluding carboxylic acids is 1. The van der Waals surface area contributed by atoms with Crippen LogP contribution in [0.5, 0.6) is 0 Å². The molecule has 0 aliphatic carbocycles. The van der Waals surface area contributed by atoms with Gasteiger partial charge in [-0.1, -0.05) is 13.8 Å². The third-order valence-electron chi connectivity index (χ3n) is 5.48. The highest BCUT2D eigenvalue weighted by atomic mass is 32.2.